The third kappa shape index (κ3) is 4.88. The van der Waals surface area contributed by atoms with Crippen molar-refractivity contribution in [3.05, 3.63) is 22.8 Å². The van der Waals surface area contributed by atoms with Crippen molar-refractivity contribution in [2.24, 2.45) is 0 Å². The first kappa shape index (κ1) is 16.1. The molecule has 0 aliphatic carbocycles. The summed E-state index contributed by atoms with van der Waals surface area (Å²) in [6, 6.07) is 0. The van der Waals surface area contributed by atoms with Crippen molar-refractivity contribution in [2.75, 3.05) is 26.8 Å². The van der Waals surface area contributed by atoms with Crippen LogP contribution in [0, 0.1) is 13.8 Å². The number of ether oxygens (including phenoxy) is 1. The Balaban J connectivity index is 2.70. The molecule has 1 N–H and O–H groups in total. The van der Waals surface area contributed by atoms with E-state index in [1.165, 1.54) is 5.56 Å². The number of nitrogens with one attached hydrogen (secondary N) is 1. The number of aromatic nitrogens is 2. The van der Waals surface area contributed by atoms with Gasteiger partial charge in [-0.15, -0.1) is 0 Å². The standard InChI is InChI=1S/C15H27N3O/c1-11-13(7-8-16-9-10-19-6)12(2)18-14(17-11)15(3,4)5/h16H,7-10H2,1-6H3. The Morgan fingerprint density at radius 3 is 2.11 bits per heavy atom. The number of methoxy groups -OCH3 is 1. The van der Waals surface area contributed by atoms with Gasteiger partial charge in [-0.05, 0) is 32.4 Å². The van der Waals surface area contributed by atoms with Crippen LogP contribution in [-0.4, -0.2) is 36.8 Å². The van der Waals surface area contributed by atoms with Gasteiger partial charge in [-0.3, -0.25) is 0 Å². The molecule has 0 radical (unpaired) electrons. The predicted octanol–water partition coefficient (Wildman–Crippen LogP) is 2.17. The van der Waals surface area contributed by atoms with Gasteiger partial charge in [-0.1, -0.05) is 20.8 Å². The Hall–Kier alpha value is -1.00. The summed E-state index contributed by atoms with van der Waals surface area (Å²) in [6.45, 7) is 13.2. The topological polar surface area (TPSA) is 47.0 Å². The predicted molar refractivity (Wildman–Crippen MR) is 78.7 cm³/mol. The molecule has 4 nitrogen and oxygen atoms in total. The van der Waals surface area contributed by atoms with E-state index in [-0.39, 0.29) is 5.41 Å². The van der Waals surface area contributed by atoms with Gasteiger partial charge in [0.25, 0.3) is 0 Å². The third-order valence-electron chi connectivity index (χ3n) is 3.13. The van der Waals surface area contributed by atoms with Crippen LogP contribution < -0.4 is 5.32 Å². The molecule has 0 unspecified atom stereocenters. The van der Waals surface area contributed by atoms with Gasteiger partial charge in [-0.2, -0.15) is 0 Å². The lowest BCUT2D eigenvalue weighted by atomic mass is 9.95. The lowest BCUT2D eigenvalue weighted by Crippen LogP contribution is -2.23. The quantitative estimate of drug-likeness (QED) is 0.801. The van der Waals surface area contributed by atoms with Crippen molar-refractivity contribution in [2.45, 2.75) is 46.5 Å². The Kier molecular flexibility index (Phi) is 5.88. The van der Waals surface area contributed by atoms with E-state index >= 15 is 0 Å². The first-order valence-electron chi connectivity index (χ1n) is 6.90. The summed E-state index contributed by atoms with van der Waals surface area (Å²) in [5.74, 6) is 0.929. The molecule has 0 bridgehead atoms. The van der Waals surface area contributed by atoms with E-state index in [1.54, 1.807) is 7.11 Å². The van der Waals surface area contributed by atoms with Gasteiger partial charge in [0.15, 0.2) is 0 Å². The van der Waals surface area contributed by atoms with Crippen molar-refractivity contribution in [1.82, 2.24) is 15.3 Å². The fourth-order valence-corrected chi connectivity index (χ4v) is 1.95. The first-order chi connectivity index (χ1) is 8.86. The molecule has 0 atom stereocenters. The summed E-state index contributed by atoms with van der Waals surface area (Å²) in [6.07, 6.45) is 0.964. The smallest absolute Gasteiger partial charge is 0.134 e. The fourth-order valence-electron chi connectivity index (χ4n) is 1.95. The largest absolute Gasteiger partial charge is 0.383 e. The minimum absolute atomic E-state index is 0.00473. The van der Waals surface area contributed by atoms with Gasteiger partial charge in [0.05, 0.1) is 6.61 Å². The molecule has 0 amide bonds. The second-order valence-electron chi connectivity index (χ2n) is 5.94. The molecular formula is C15H27N3O. The van der Waals surface area contributed by atoms with Crippen LogP contribution in [-0.2, 0) is 16.6 Å². The highest BCUT2D eigenvalue weighted by molar-refractivity contribution is 5.26. The van der Waals surface area contributed by atoms with E-state index < -0.39 is 0 Å². The summed E-state index contributed by atoms with van der Waals surface area (Å²) < 4.78 is 5.01. The second kappa shape index (κ2) is 6.96. The van der Waals surface area contributed by atoms with E-state index in [4.69, 9.17) is 4.74 Å². The lowest BCUT2D eigenvalue weighted by Gasteiger charge is -2.19. The van der Waals surface area contributed by atoms with Crippen LogP contribution in [0.1, 0.15) is 43.5 Å². The van der Waals surface area contributed by atoms with Crippen molar-refractivity contribution >= 4 is 0 Å². The van der Waals surface area contributed by atoms with Gasteiger partial charge < -0.3 is 10.1 Å². The third-order valence-corrected chi connectivity index (χ3v) is 3.13. The summed E-state index contributed by atoms with van der Waals surface area (Å²) in [5, 5.41) is 3.35. The van der Waals surface area contributed by atoms with Crippen LogP contribution in [0.2, 0.25) is 0 Å². The molecule has 0 aromatic carbocycles. The molecule has 0 fully saturated rings. The van der Waals surface area contributed by atoms with Crippen molar-refractivity contribution < 1.29 is 4.74 Å². The Morgan fingerprint density at radius 1 is 1.05 bits per heavy atom. The zero-order valence-electron chi connectivity index (χ0n) is 13.1. The van der Waals surface area contributed by atoms with Gasteiger partial charge in [0.1, 0.15) is 5.82 Å². The van der Waals surface area contributed by atoms with E-state index in [1.807, 2.05) is 0 Å². The van der Waals surface area contributed by atoms with Gasteiger partial charge in [0.2, 0.25) is 0 Å². The average Bonchev–Trinajstić information content (AvgIpc) is 2.30. The van der Waals surface area contributed by atoms with Crippen LogP contribution in [0.25, 0.3) is 0 Å². The maximum Gasteiger partial charge on any atom is 0.134 e. The maximum atomic E-state index is 5.01. The maximum absolute atomic E-state index is 5.01. The molecule has 108 valence electrons. The number of aryl methyl sites for hydroxylation is 2. The van der Waals surface area contributed by atoms with Crippen molar-refractivity contribution in [1.29, 1.82) is 0 Å². The number of hydrogen-bond acceptors (Lipinski definition) is 4. The van der Waals surface area contributed by atoms with Gasteiger partial charge in [-0.25, -0.2) is 9.97 Å². The Morgan fingerprint density at radius 2 is 1.63 bits per heavy atom. The molecule has 19 heavy (non-hydrogen) atoms. The molecule has 0 saturated heterocycles. The Bertz CT molecular complexity index is 387. The molecule has 4 heteroatoms. The summed E-state index contributed by atoms with van der Waals surface area (Å²) in [7, 11) is 1.72. The minimum Gasteiger partial charge on any atom is -0.383 e. The highest BCUT2D eigenvalue weighted by atomic mass is 16.5. The molecule has 0 saturated carbocycles. The Labute approximate surface area is 117 Å². The number of rotatable bonds is 6. The molecule has 1 heterocycles. The molecule has 0 aliphatic rings. The highest BCUT2D eigenvalue weighted by Gasteiger charge is 2.19. The number of hydrogen-bond donors (Lipinski definition) is 1. The van der Waals surface area contributed by atoms with E-state index in [9.17, 15) is 0 Å². The highest BCUT2D eigenvalue weighted by Crippen LogP contribution is 2.21. The summed E-state index contributed by atoms with van der Waals surface area (Å²) in [4.78, 5) is 9.31. The van der Waals surface area contributed by atoms with Crippen molar-refractivity contribution in [3.8, 4) is 0 Å². The number of nitrogens with zero attached hydrogens (tertiary/aromatic N) is 2. The molecule has 0 spiro atoms. The van der Waals surface area contributed by atoms with Crippen LogP contribution in [0.4, 0.5) is 0 Å². The second-order valence-corrected chi connectivity index (χ2v) is 5.94. The van der Waals surface area contributed by atoms with Crippen LogP contribution in [0.3, 0.4) is 0 Å². The SMILES string of the molecule is COCCNCCc1c(C)nc(C(C)(C)C)nc1C. The van der Waals surface area contributed by atoms with E-state index in [0.29, 0.717) is 0 Å². The summed E-state index contributed by atoms with van der Waals surface area (Å²) >= 11 is 0. The molecular weight excluding hydrogens is 238 g/mol. The molecule has 1 aromatic rings. The van der Waals surface area contributed by atoms with E-state index in [0.717, 1.165) is 43.3 Å². The molecule has 1 aromatic heterocycles. The zero-order chi connectivity index (χ0) is 14.5. The monoisotopic (exact) mass is 265 g/mol. The average molecular weight is 265 g/mol. The lowest BCUT2D eigenvalue weighted by molar-refractivity contribution is 0.199. The van der Waals surface area contributed by atoms with E-state index in [2.05, 4.69) is 49.9 Å². The normalized spacial score (nSPS) is 11.9. The minimum atomic E-state index is 0.00473. The first-order valence-corrected chi connectivity index (χ1v) is 6.90. The fraction of sp³-hybridized carbons (Fsp3) is 0.733. The van der Waals surface area contributed by atoms with Crippen LogP contribution >= 0.6 is 0 Å². The van der Waals surface area contributed by atoms with Gasteiger partial charge in [0, 0.05) is 30.5 Å². The van der Waals surface area contributed by atoms with Crippen LogP contribution in [0.15, 0.2) is 0 Å². The van der Waals surface area contributed by atoms with Gasteiger partial charge >= 0.3 is 0 Å². The molecule has 0 aliphatic heterocycles. The molecule has 1 rings (SSSR count). The van der Waals surface area contributed by atoms with Crippen molar-refractivity contribution in [3.63, 3.8) is 0 Å². The zero-order valence-corrected chi connectivity index (χ0v) is 13.1. The van der Waals surface area contributed by atoms with Crippen LogP contribution in [0.5, 0.6) is 0 Å². The summed E-state index contributed by atoms with van der Waals surface area (Å²) in [5.41, 5.74) is 3.47.